The lowest BCUT2D eigenvalue weighted by Crippen LogP contribution is -2.13. The van der Waals surface area contributed by atoms with Gasteiger partial charge in [-0.1, -0.05) is 12.1 Å². The molecule has 6 heteroatoms. The first-order chi connectivity index (χ1) is 11.0. The monoisotopic (exact) mass is 317 g/mol. The third kappa shape index (κ3) is 4.54. The number of halogens is 1. The van der Waals surface area contributed by atoms with E-state index in [1.165, 1.54) is 18.2 Å². The van der Waals surface area contributed by atoms with E-state index in [2.05, 4.69) is 5.32 Å². The van der Waals surface area contributed by atoms with Gasteiger partial charge in [-0.15, -0.1) is 0 Å². The van der Waals surface area contributed by atoms with Gasteiger partial charge in [0.15, 0.2) is 0 Å². The molecular formula is C17H16FNO4. The van der Waals surface area contributed by atoms with Crippen LogP contribution in [0.5, 0.6) is 5.75 Å². The molecule has 0 aromatic heterocycles. The van der Waals surface area contributed by atoms with Crippen molar-refractivity contribution in [3.05, 3.63) is 59.4 Å². The Hall–Kier alpha value is -2.89. The second-order valence-electron chi connectivity index (χ2n) is 4.73. The summed E-state index contributed by atoms with van der Waals surface area (Å²) in [5.41, 5.74) is 0.975. The summed E-state index contributed by atoms with van der Waals surface area (Å²) in [4.78, 5) is 23.4. The topological polar surface area (TPSA) is 64.6 Å². The van der Waals surface area contributed by atoms with Crippen LogP contribution in [-0.4, -0.2) is 18.7 Å². The predicted octanol–water partition coefficient (Wildman–Crippen LogP) is 3.92. The third-order valence-corrected chi connectivity index (χ3v) is 2.97. The van der Waals surface area contributed by atoms with E-state index in [0.717, 1.165) is 6.07 Å². The summed E-state index contributed by atoms with van der Waals surface area (Å²) in [6, 6.07) is 10.4. The van der Waals surface area contributed by atoms with Crippen LogP contribution in [0.25, 0.3) is 0 Å². The lowest BCUT2D eigenvalue weighted by Gasteiger charge is -2.08. The molecule has 0 aliphatic heterocycles. The summed E-state index contributed by atoms with van der Waals surface area (Å²) >= 11 is 0. The molecule has 0 radical (unpaired) electrons. The number of amides is 1. The zero-order valence-corrected chi connectivity index (χ0v) is 12.8. The van der Waals surface area contributed by atoms with Crippen molar-refractivity contribution < 1.29 is 23.5 Å². The maximum absolute atomic E-state index is 13.5. The molecule has 0 heterocycles. The molecule has 0 aliphatic rings. The van der Waals surface area contributed by atoms with Crippen LogP contribution in [0.1, 0.15) is 22.8 Å². The Labute approximate surface area is 133 Å². The molecular weight excluding hydrogens is 301 g/mol. The van der Waals surface area contributed by atoms with E-state index in [4.69, 9.17) is 9.47 Å². The van der Waals surface area contributed by atoms with E-state index >= 15 is 0 Å². The summed E-state index contributed by atoms with van der Waals surface area (Å²) in [6.45, 7) is 3.55. The quantitative estimate of drug-likeness (QED) is 0.685. The smallest absolute Gasteiger partial charge is 0.411 e. The molecule has 2 aromatic carbocycles. The molecule has 23 heavy (non-hydrogen) atoms. The Balaban J connectivity index is 2.08. The van der Waals surface area contributed by atoms with Crippen LogP contribution in [0.15, 0.2) is 42.5 Å². The van der Waals surface area contributed by atoms with Crippen molar-refractivity contribution in [1.82, 2.24) is 0 Å². The first-order valence-corrected chi connectivity index (χ1v) is 7.01. The predicted molar refractivity (Wildman–Crippen MR) is 83.2 cm³/mol. The third-order valence-electron chi connectivity index (χ3n) is 2.97. The number of hydrogen-bond acceptors (Lipinski definition) is 4. The minimum Gasteiger partial charge on any atom is -0.450 e. The van der Waals surface area contributed by atoms with Crippen LogP contribution in [0.2, 0.25) is 0 Å². The average Bonchev–Trinajstić information content (AvgIpc) is 2.50. The Morgan fingerprint density at radius 2 is 1.96 bits per heavy atom. The van der Waals surface area contributed by atoms with Crippen molar-refractivity contribution >= 4 is 17.7 Å². The Morgan fingerprint density at radius 1 is 1.17 bits per heavy atom. The fraction of sp³-hybridized carbons (Fsp3) is 0.176. The molecule has 1 amide bonds. The van der Waals surface area contributed by atoms with Crippen molar-refractivity contribution in [2.75, 3.05) is 11.9 Å². The van der Waals surface area contributed by atoms with Crippen LogP contribution < -0.4 is 10.1 Å². The fourth-order valence-corrected chi connectivity index (χ4v) is 1.81. The zero-order chi connectivity index (χ0) is 16.8. The standard InChI is InChI=1S/C17H16FNO4/c1-3-22-17(21)19-13-5-4-6-14(10-13)23-16(20)12-8-7-11(2)15(18)9-12/h4-10H,3H2,1-2H3,(H,19,21). The molecule has 5 nitrogen and oxygen atoms in total. The van der Waals surface area contributed by atoms with Gasteiger partial charge in [0.25, 0.3) is 0 Å². The van der Waals surface area contributed by atoms with Crippen molar-refractivity contribution in [1.29, 1.82) is 0 Å². The molecule has 2 rings (SSSR count). The van der Waals surface area contributed by atoms with Gasteiger partial charge in [-0.2, -0.15) is 0 Å². The van der Waals surface area contributed by atoms with E-state index in [1.807, 2.05) is 0 Å². The van der Waals surface area contributed by atoms with Crippen LogP contribution in [0.3, 0.4) is 0 Å². The number of ether oxygens (including phenoxy) is 2. The molecule has 0 saturated carbocycles. The summed E-state index contributed by atoms with van der Waals surface area (Å²) in [5.74, 6) is -0.931. The number of hydrogen-bond donors (Lipinski definition) is 1. The highest BCUT2D eigenvalue weighted by Crippen LogP contribution is 2.19. The zero-order valence-electron chi connectivity index (χ0n) is 12.8. The number of esters is 1. The largest absolute Gasteiger partial charge is 0.450 e. The van der Waals surface area contributed by atoms with E-state index < -0.39 is 17.9 Å². The van der Waals surface area contributed by atoms with Crippen molar-refractivity contribution in [3.63, 3.8) is 0 Å². The van der Waals surface area contributed by atoms with Gasteiger partial charge >= 0.3 is 12.1 Å². The van der Waals surface area contributed by atoms with Gasteiger partial charge in [-0.25, -0.2) is 14.0 Å². The van der Waals surface area contributed by atoms with Gasteiger partial charge in [0.1, 0.15) is 11.6 Å². The van der Waals surface area contributed by atoms with Crippen LogP contribution in [0.4, 0.5) is 14.9 Å². The normalized spacial score (nSPS) is 10.0. The highest BCUT2D eigenvalue weighted by Gasteiger charge is 2.11. The lowest BCUT2D eigenvalue weighted by molar-refractivity contribution is 0.0734. The van der Waals surface area contributed by atoms with Crippen molar-refractivity contribution in [2.45, 2.75) is 13.8 Å². The minimum atomic E-state index is -0.683. The highest BCUT2D eigenvalue weighted by atomic mass is 19.1. The molecule has 0 aliphatic carbocycles. The molecule has 0 saturated heterocycles. The summed E-state index contributed by atoms with van der Waals surface area (Å²) in [7, 11) is 0. The van der Waals surface area contributed by atoms with Gasteiger partial charge in [0, 0.05) is 11.8 Å². The number of carbonyl (C=O) groups is 2. The molecule has 0 atom stereocenters. The van der Waals surface area contributed by atoms with E-state index in [9.17, 15) is 14.0 Å². The molecule has 120 valence electrons. The number of carbonyl (C=O) groups excluding carboxylic acids is 2. The van der Waals surface area contributed by atoms with Crippen molar-refractivity contribution in [3.8, 4) is 5.75 Å². The molecule has 1 N–H and O–H groups in total. The van der Waals surface area contributed by atoms with E-state index in [-0.39, 0.29) is 17.9 Å². The second-order valence-corrected chi connectivity index (χ2v) is 4.73. The Morgan fingerprint density at radius 3 is 2.65 bits per heavy atom. The van der Waals surface area contributed by atoms with Gasteiger partial charge in [-0.3, -0.25) is 5.32 Å². The minimum absolute atomic E-state index is 0.108. The van der Waals surface area contributed by atoms with Gasteiger partial charge in [-0.05, 0) is 43.7 Å². The first-order valence-electron chi connectivity index (χ1n) is 7.01. The first kappa shape index (κ1) is 16.5. The van der Waals surface area contributed by atoms with Crippen molar-refractivity contribution in [2.24, 2.45) is 0 Å². The van der Waals surface area contributed by atoms with Gasteiger partial charge in [0.2, 0.25) is 0 Å². The van der Waals surface area contributed by atoms with E-state index in [1.54, 1.807) is 32.0 Å². The molecule has 0 fully saturated rings. The number of nitrogens with one attached hydrogen (secondary N) is 1. The maximum Gasteiger partial charge on any atom is 0.411 e. The summed E-state index contributed by atoms with van der Waals surface area (Å²) in [6.07, 6.45) is -0.600. The van der Waals surface area contributed by atoms with Gasteiger partial charge in [0.05, 0.1) is 12.2 Å². The SMILES string of the molecule is CCOC(=O)Nc1cccc(OC(=O)c2ccc(C)c(F)c2)c1. The average molecular weight is 317 g/mol. The summed E-state index contributed by atoms with van der Waals surface area (Å²) in [5, 5.41) is 2.50. The Bertz CT molecular complexity index is 730. The number of rotatable bonds is 4. The number of anilines is 1. The fourth-order valence-electron chi connectivity index (χ4n) is 1.81. The lowest BCUT2D eigenvalue weighted by atomic mass is 10.1. The van der Waals surface area contributed by atoms with Crippen LogP contribution >= 0.6 is 0 Å². The number of aryl methyl sites for hydroxylation is 1. The maximum atomic E-state index is 13.5. The molecule has 0 unspecified atom stereocenters. The second kappa shape index (κ2) is 7.40. The van der Waals surface area contributed by atoms with E-state index in [0.29, 0.717) is 11.3 Å². The molecule has 0 bridgehead atoms. The molecule has 2 aromatic rings. The Kier molecular flexibility index (Phi) is 5.30. The van der Waals surface area contributed by atoms with Gasteiger partial charge < -0.3 is 9.47 Å². The van der Waals surface area contributed by atoms with Crippen LogP contribution in [0, 0.1) is 12.7 Å². The van der Waals surface area contributed by atoms with Crippen LogP contribution in [-0.2, 0) is 4.74 Å². The number of benzene rings is 2. The summed E-state index contributed by atoms with van der Waals surface area (Å²) < 4.78 is 23.4. The highest BCUT2D eigenvalue weighted by molar-refractivity contribution is 5.91. The molecule has 0 spiro atoms.